The summed E-state index contributed by atoms with van der Waals surface area (Å²) in [6, 6.07) is 86.8. The van der Waals surface area contributed by atoms with Crippen LogP contribution in [0.1, 0.15) is 22.3 Å². The summed E-state index contributed by atoms with van der Waals surface area (Å²) in [5, 5.41) is 4.99. The summed E-state index contributed by atoms with van der Waals surface area (Å²) < 4.78 is 0. The van der Waals surface area contributed by atoms with E-state index in [1.807, 2.05) is 0 Å². The van der Waals surface area contributed by atoms with Gasteiger partial charge in [0.05, 0.1) is 11.1 Å². The van der Waals surface area contributed by atoms with E-state index in [9.17, 15) is 0 Å². The van der Waals surface area contributed by atoms with Gasteiger partial charge in [0.1, 0.15) is 0 Å². The zero-order chi connectivity index (χ0) is 38.5. The molecule has 0 radical (unpaired) electrons. The van der Waals surface area contributed by atoms with E-state index >= 15 is 0 Å². The lowest BCUT2D eigenvalue weighted by Crippen LogP contribution is -2.28. The van der Waals surface area contributed by atoms with Crippen LogP contribution in [-0.2, 0) is 5.41 Å². The van der Waals surface area contributed by atoms with Gasteiger partial charge in [-0.2, -0.15) is 0 Å². The molecule has 1 aliphatic rings. The molecule has 0 saturated carbocycles. The summed E-state index contributed by atoms with van der Waals surface area (Å²) in [6.45, 7) is 0. The molecule has 0 unspecified atom stereocenters. The Kier molecular flexibility index (Phi) is 8.12. The number of fused-ring (bicyclic) bond motifs is 5. The molecule has 272 valence electrons. The number of rotatable bonds is 7. The zero-order valence-corrected chi connectivity index (χ0v) is 32.0. The third-order valence-corrected chi connectivity index (χ3v) is 12.1. The number of anilines is 3. The van der Waals surface area contributed by atoms with Crippen LogP contribution in [0.15, 0.2) is 237 Å². The van der Waals surface area contributed by atoms with Gasteiger partial charge in [-0.25, -0.2) is 0 Å². The lowest BCUT2D eigenvalue weighted by molar-refractivity contribution is 0.768. The van der Waals surface area contributed by atoms with E-state index in [1.54, 1.807) is 0 Å². The van der Waals surface area contributed by atoms with Crippen molar-refractivity contribution in [1.29, 1.82) is 0 Å². The molecule has 1 heteroatoms. The van der Waals surface area contributed by atoms with E-state index in [2.05, 4.69) is 241 Å². The highest BCUT2D eigenvalue weighted by atomic mass is 15.1. The van der Waals surface area contributed by atoms with Crippen LogP contribution in [0.5, 0.6) is 0 Å². The van der Waals surface area contributed by atoms with Gasteiger partial charge in [0.25, 0.3) is 0 Å². The second kappa shape index (κ2) is 13.9. The molecule has 10 aromatic rings. The standard InChI is InChI=1S/C57H39N/c1-4-17-48(18-5-1)57(49-19-6-2-7-20-49)53-24-13-12-23-52(53)56-54(57)25-14-26-55(56)58(50-21-8-3-9-22-50)51-35-33-41(34-36-51)44-30-28-42-29-32-46(39-47(42)38-44)45-31-27-40-15-10-11-16-43(40)37-45/h1-39H. The minimum atomic E-state index is -0.471. The molecule has 1 aliphatic carbocycles. The Morgan fingerprint density at radius 2 is 0.759 bits per heavy atom. The monoisotopic (exact) mass is 737 g/mol. The smallest absolute Gasteiger partial charge is 0.0714 e. The van der Waals surface area contributed by atoms with Crippen LogP contribution in [0.4, 0.5) is 17.1 Å². The molecule has 0 spiro atoms. The molecule has 10 aromatic carbocycles. The summed E-state index contributed by atoms with van der Waals surface area (Å²) >= 11 is 0. The third kappa shape index (κ3) is 5.47. The lowest BCUT2D eigenvalue weighted by atomic mass is 9.68. The number of para-hydroxylation sites is 1. The van der Waals surface area contributed by atoms with Crippen molar-refractivity contribution in [1.82, 2.24) is 0 Å². The maximum atomic E-state index is 2.43. The lowest BCUT2D eigenvalue weighted by Gasteiger charge is -2.34. The van der Waals surface area contributed by atoms with Crippen molar-refractivity contribution in [3.05, 3.63) is 259 Å². The fourth-order valence-corrected chi connectivity index (χ4v) is 9.44. The molecule has 0 fully saturated rings. The Bertz CT molecular complexity index is 3050. The minimum absolute atomic E-state index is 0.471. The van der Waals surface area contributed by atoms with Crippen LogP contribution in [0.25, 0.3) is 54.9 Å². The molecule has 0 saturated heterocycles. The van der Waals surface area contributed by atoms with Gasteiger partial charge in [-0.05, 0) is 120 Å². The van der Waals surface area contributed by atoms with Crippen LogP contribution in [0.3, 0.4) is 0 Å². The van der Waals surface area contributed by atoms with Crippen LogP contribution >= 0.6 is 0 Å². The van der Waals surface area contributed by atoms with Gasteiger partial charge in [0.2, 0.25) is 0 Å². The van der Waals surface area contributed by atoms with Crippen molar-refractivity contribution >= 4 is 38.6 Å². The number of hydrogen-bond donors (Lipinski definition) is 0. The molecule has 0 heterocycles. The highest BCUT2D eigenvalue weighted by Gasteiger charge is 2.47. The summed E-state index contributed by atoms with van der Waals surface area (Å²) in [4.78, 5) is 2.43. The van der Waals surface area contributed by atoms with Crippen molar-refractivity contribution in [2.75, 3.05) is 4.90 Å². The zero-order valence-electron chi connectivity index (χ0n) is 32.0. The van der Waals surface area contributed by atoms with E-state index in [1.165, 1.54) is 77.2 Å². The first-order chi connectivity index (χ1) is 28.8. The number of hydrogen-bond acceptors (Lipinski definition) is 1. The number of benzene rings is 10. The van der Waals surface area contributed by atoms with Crippen LogP contribution in [0, 0.1) is 0 Å². The SMILES string of the molecule is c1ccc(N(c2ccc(-c3ccc4ccc(-c5ccc6ccccc6c5)cc4c3)cc2)c2cccc3c2-c2ccccc2C3(c2ccccc2)c2ccccc2)cc1. The topological polar surface area (TPSA) is 3.24 Å². The Hall–Kier alpha value is -7.48. The quantitative estimate of drug-likeness (QED) is 0.157. The first kappa shape index (κ1) is 33.8. The van der Waals surface area contributed by atoms with Crippen molar-refractivity contribution in [3.63, 3.8) is 0 Å². The van der Waals surface area contributed by atoms with Crippen LogP contribution < -0.4 is 4.90 Å². The molecule has 0 amide bonds. The summed E-state index contributed by atoms with van der Waals surface area (Å²) in [5.74, 6) is 0. The van der Waals surface area contributed by atoms with E-state index < -0.39 is 5.41 Å². The highest BCUT2D eigenvalue weighted by Crippen LogP contribution is 2.59. The maximum Gasteiger partial charge on any atom is 0.0714 e. The van der Waals surface area contributed by atoms with Crippen LogP contribution in [0.2, 0.25) is 0 Å². The fraction of sp³-hybridized carbons (Fsp3) is 0.0175. The first-order valence-corrected chi connectivity index (χ1v) is 20.1. The molecule has 11 rings (SSSR count). The van der Waals surface area contributed by atoms with Crippen molar-refractivity contribution in [3.8, 4) is 33.4 Å². The van der Waals surface area contributed by atoms with E-state index in [-0.39, 0.29) is 0 Å². The Labute approximate surface area is 339 Å². The summed E-state index contributed by atoms with van der Waals surface area (Å²) in [5.41, 5.74) is 15.4. The normalized spacial score (nSPS) is 12.6. The molecule has 0 atom stereocenters. The second-order valence-electron chi connectivity index (χ2n) is 15.3. The molecular weight excluding hydrogens is 699 g/mol. The van der Waals surface area contributed by atoms with Gasteiger partial charge in [0.15, 0.2) is 0 Å². The molecule has 0 aliphatic heterocycles. The summed E-state index contributed by atoms with van der Waals surface area (Å²) in [6.07, 6.45) is 0. The van der Waals surface area contributed by atoms with E-state index in [0.717, 1.165) is 17.1 Å². The Morgan fingerprint density at radius 3 is 1.41 bits per heavy atom. The Morgan fingerprint density at radius 1 is 0.293 bits per heavy atom. The van der Waals surface area contributed by atoms with Crippen molar-refractivity contribution in [2.24, 2.45) is 0 Å². The van der Waals surface area contributed by atoms with Crippen LogP contribution in [-0.4, -0.2) is 0 Å². The van der Waals surface area contributed by atoms with Gasteiger partial charge in [-0.1, -0.05) is 188 Å². The average Bonchev–Trinajstić information content (AvgIpc) is 3.61. The maximum absolute atomic E-state index is 2.43. The molecule has 58 heavy (non-hydrogen) atoms. The molecule has 0 aromatic heterocycles. The van der Waals surface area contributed by atoms with Gasteiger partial charge >= 0.3 is 0 Å². The largest absolute Gasteiger partial charge is 0.310 e. The third-order valence-electron chi connectivity index (χ3n) is 12.1. The van der Waals surface area contributed by atoms with Gasteiger partial charge < -0.3 is 4.90 Å². The fourth-order valence-electron chi connectivity index (χ4n) is 9.44. The molecule has 0 bridgehead atoms. The van der Waals surface area contributed by atoms with Gasteiger partial charge in [-0.15, -0.1) is 0 Å². The minimum Gasteiger partial charge on any atom is -0.310 e. The number of nitrogens with zero attached hydrogens (tertiary/aromatic N) is 1. The first-order valence-electron chi connectivity index (χ1n) is 20.1. The van der Waals surface area contributed by atoms with Gasteiger partial charge in [-0.3, -0.25) is 0 Å². The molecule has 0 N–H and O–H groups in total. The van der Waals surface area contributed by atoms with E-state index in [4.69, 9.17) is 0 Å². The van der Waals surface area contributed by atoms with E-state index in [0.29, 0.717) is 0 Å². The molecule has 1 nitrogen and oxygen atoms in total. The molecular formula is C57H39N. The predicted molar refractivity (Wildman–Crippen MR) is 244 cm³/mol. The van der Waals surface area contributed by atoms with Crippen molar-refractivity contribution in [2.45, 2.75) is 5.41 Å². The van der Waals surface area contributed by atoms with Crippen molar-refractivity contribution < 1.29 is 0 Å². The second-order valence-corrected chi connectivity index (χ2v) is 15.3. The predicted octanol–water partition coefficient (Wildman–Crippen LogP) is 15.2. The highest BCUT2D eigenvalue weighted by molar-refractivity contribution is 5.98. The summed E-state index contributed by atoms with van der Waals surface area (Å²) in [7, 11) is 0. The average molecular weight is 738 g/mol. The Balaban J connectivity index is 1.03. The van der Waals surface area contributed by atoms with Gasteiger partial charge in [0, 0.05) is 16.9 Å².